The SMILES string of the molecule is CC(O)CN(C)CC(=O)NCCC1=CCCCC1. The largest absolute Gasteiger partial charge is 0.392 e. The van der Waals surface area contributed by atoms with Crippen molar-refractivity contribution in [1.29, 1.82) is 0 Å². The molecule has 1 aliphatic rings. The van der Waals surface area contributed by atoms with E-state index in [1.54, 1.807) is 6.92 Å². The molecule has 0 bridgehead atoms. The Kier molecular flexibility index (Phi) is 6.98. The summed E-state index contributed by atoms with van der Waals surface area (Å²) in [5.74, 6) is 0.0366. The molecular formula is C14H26N2O2. The molecule has 0 saturated heterocycles. The van der Waals surface area contributed by atoms with Crippen LogP contribution in [0.25, 0.3) is 0 Å². The van der Waals surface area contributed by atoms with Crippen LogP contribution in [0.1, 0.15) is 39.0 Å². The van der Waals surface area contributed by atoms with Crippen LogP contribution in [0.5, 0.6) is 0 Å². The standard InChI is InChI=1S/C14H26N2O2/c1-12(17)10-16(2)11-14(18)15-9-8-13-6-4-3-5-7-13/h6,12,17H,3-5,7-11H2,1-2H3,(H,15,18). The fourth-order valence-electron chi connectivity index (χ4n) is 2.31. The molecule has 0 aliphatic heterocycles. The molecule has 2 N–H and O–H groups in total. The van der Waals surface area contributed by atoms with Crippen molar-refractivity contribution < 1.29 is 9.90 Å². The van der Waals surface area contributed by atoms with E-state index >= 15 is 0 Å². The number of likely N-dealkylation sites (N-methyl/N-ethyl adjacent to an activating group) is 1. The maximum atomic E-state index is 11.6. The fraction of sp³-hybridized carbons (Fsp3) is 0.786. The highest BCUT2D eigenvalue weighted by molar-refractivity contribution is 5.77. The van der Waals surface area contributed by atoms with Gasteiger partial charge in [-0.15, -0.1) is 0 Å². The van der Waals surface area contributed by atoms with E-state index in [-0.39, 0.29) is 5.91 Å². The summed E-state index contributed by atoms with van der Waals surface area (Å²) in [7, 11) is 1.84. The number of carbonyl (C=O) groups excluding carboxylic acids is 1. The fourth-order valence-corrected chi connectivity index (χ4v) is 2.31. The van der Waals surface area contributed by atoms with E-state index in [1.165, 1.54) is 31.3 Å². The number of nitrogens with zero attached hydrogens (tertiary/aromatic N) is 1. The number of amides is 1. The minimum absolute atomic E-state index is 0.0366. The molecule has 0 radical (unpaired) electrons. The second-order valence-corrected chi connectivity index (χ2v) is 5.25. The normalized spacial score (nSPS) is 17.4. The van der Waals surface area contributed by atoms with Crippen LogP contribution in [-0.4, -0.2) is 48.7 Å². The summed E-state index contributed by atoms with van der Waals surface area (Å²) in [5.41, 5.74) is 1.49. The van der Waals surface area contributed by atoms with Crippen LogP contribution in [-0.2, 0) is 4.79 Å². The van der Waals surface area contributed by atoms with Gasteiger partial charge in [0, 0.05) is 13.1 Å². The molecule has 0 heterocycles. The zero-order chi connectivity index (χ0) is 13.4. The molecule has 1 aliphatic carbocycles. The van der Waals surface area contributed by atoms with Crippen LogP contribution in [0, 0.1) is 0 Å². The van der Waals surface area contributed by atoms with Crippen LogP contribution in [0.3, 0.4) is 0 Å². The van der Waals surface area contributed by atoms with Gasteiger partial charge in [-0.05, 0) is 46.1 Å². The number of rotatable bonds is 7. The molecule has 1 atom stereocenters. The molecule has 104 valence electrons. The zero-order valence-corrected chi connectivity index (χ0v) is 11.6. The lowest BCUT2D eigenvalue weighted by Crippen LogP contribution is -2.38. The van der Waals surface area contributed by atoms with Crippen LogP contribution in [0.15, 0.2) is 11.6 Å². The summed E-state index contributed by atoms with van der Waals surface area (Å²) >= 11 is 0. The molecular weight excluding hydrogens is 228 g/mol. The highest BCUT2D eigenvalue weighted by atomic mass is 16.3. The Morgan fingerprint density at radius 3 is 2.94 bits per heavy atom. The molecule has 18 heavy (non-hydrogen) atoms. The molecule has 4 heteroatoms. The number of nitrogens with one attached hydrogen (secondary N) is 1. The van der Waals surface area contributed by atoms with Crippen molar-refractivity contribution in [2.75, 3.05) is 26.7 Å². The van der Waals surface area contributed by atoms with Gasteiger partial charge in [-0.25, -0.2) is 0 Å². The first kappa shape index (κ1) is 15.2. The maximum absolute atomic E-state index is 11.6. The van der Waals surface area contributed by atoms with Crippen LogP contribution in [0.4, 0.5) is 0 Å². The summed E-state index contributed by atoms with van der Waals surface area (Å²) in [6, 6.07) is 0. The second kappa shape index (κ2) is 8.27. The van der Waals surface area contributed by atoms with Gasteiger partial charge in [0.15, 0.2) is 0 Å². The number of hydrogen-bond donors (Lipinski definition) is 2. The van der Waals surface area contributed by atoms with E-state index in [0.717, 1.165) is 13.0 Å². The quantitative estimate of drug-likeness (QED) is 0.673. The van der Waals surface area contributed by atoms with Gasteiger partial charge in [0.05, 0.1) is 12.6 Å². The predicted molar refractivity (Wildman–Crippen MR) is 73.4 cm³/mol. The van der Waals surface area contributed by atoms with Crippen molar-refractivity contribution in [2.24, 2.45) is 0 Å². The Bertz CT molecular complexity index is 288. The third-order valence-electron chi connectivity index (χ3n) is 3.14. The van der Waals surface area contributed by atoms with E-state index in [1.807, 2.05) is 11.9 Å². The average Bonchev–Trinajstić information content (AvgIpc) is 2.29. The summed E-state index contributed by atoms with van der Waals surface area (Å²) in [5, 5.41) is 12.1. The lowest BCUT2D eigenvalue weighted by molar-refractivity contribution is -0.122. The van der Waals surface area contributed by atoms with Gasteiger partial charge in [-0.1, -0.05) is 11.6 Å². The first-order chi connectivity index (χ1) is 8.58. The first-order valence-corrected chi connectivity index (χ1v) is 6.89. The molecule has 1 amide bonds. The number of aliphatic hydroxyl groups is 1. The molecule has 1 rings (SSSR count). The van der Waals surface area contributed by atoms with E-state index in [4.69, 9.17) is 0 Å². The van der Waals surface area contributed by atoms with Gasteiger partial charge >= 0.3 is 0 Å². The Labute approximate surface area is 110 Å². The summed E-state index contributed by atoms with van der Waals surface area (Å²) in [6.07, 6.45) is 7.88. The average molecular weight is 254 g/mol. The Morgan fingerprint density at radius 1 is 1.56 bits per heavy atom. The number of aliphatic hydroxyl groups excluding tert-OH is 1. The highest BCUT2D eigenvalue weighted by Gasteiger charge is 2.09. The Hall–Kier alpha value is -0.870. The minimum atomic E-state index is -0.393. The smallest absolute Gasteiger partial charge is 0.234 e. The van der Waals surface area contributed by atoms with E-state index in [2.05, 4.69) is 11.4 Å². The summed E-state index contributed by atoms with van der Waals surface area (Å²) < 4.78 is 0. The third kappa shape index (κ3) is 6.77. The lowest BCUT2D eigenvalue weighted by atomic mass is 9.97. The summed E-state index contributed by atoms with van der Waals surface area (Å²) in [4.78, 5) is 13.5. The van der Waals surface area contributed by atoms with Gasteiger partial charge in [0.1, 0.15) is 0 Å². The van der Waals surface area contributed by atoms with E-state index < -0.39 is 6.10 Å². The van der Waals surface area contributed by atoms with Crippen molar-refractivity contribution >= 4 is 5.91 Å². The number of carbonyl (C=O) groups is 1. The van der Waals surface area contributed by atoms with Crippen molar-refractivity contribution in [3.63, 3.8) is 0 Å². The molecule has 0 aromatic carbocycles. The van der Waals surface area contributed by atoms with Crippen LogP contribution < -0.4 is 5.32 Å². The van der Waals surface area contributed by atoms with Crippen LogP contribution in [0.2, 0.25) is 0 Å². The molecule has 0 spiro atoms. The molecule has 4 nitrogen and oxygen atoms in total. The number of allylic oxidation sites excluding steroid dienone is 1. The lowest BCUT2D eigenvalue weighted by Gasteiger charge is -2.18. The third-order valence-corrected chi connectivity index (χ3v) is 3.14. The summed E-state index contributed by atoms with van der Waals surface area (Å²) in [6.45, 7) is 3.33. The maximum Gasteiger partial charge on any atom is 0.234 e. The predicted octanol–water partition coefficient (Wildman–Crippen LogP) is 1.31. The number of hydrogen-bond acceptors (Lipinski definition) is 3. The topological polar surface area (TPSA) is 52.6 Å². The zero-order valence-electron chi connectivity index (χ0n) is 11.6. The van der Waals surface area contributed by atoms with Gasteiger partial charge in [0.25, 0.3) is 0 Å². The van der Waals surface area contributed by atoms with Crippen molar-refractivity contribution in [2.45, 2.75) is 45.1 Å². The monoisotopic (exact) mass is 254 g/mol. The van der Waals surface area contributed by atoms with Crippen molar-refractivity contribution in [3.05, 3.63) is 11.6 Å². The Balaban J connectivity index is 2.11. The van der Waals surface area contributed by atoms with Crippen LogP contribution >= 0.6 is 0 Å². The van der Waals surface area contributed by atoms with E-state index in [0.29, 0.717) is 13.1 Å². The molecule has 0 fully saturated rings. The van der Waals surface area contributed by atoms with Gasteiger partial charge in [0.2, 0.25) is 5.91 Å². The van der Waals surface area contributed by atoms with Crippen molar-refractivity contribution in [1.82, 2.24) is 10.2 Å². The van der Waals surface area contributed by atoms with Gasteiger partial charge < -0.3 is 10.4 Å². The Morgan fingerprint density at radius 2 is 2.33 bits per heavy atom. The molecule has 1 unspecified atom stereocenters. The molecule has 0 saturated carbocycles. The first-order valence-electron chi connectivity index (χ1n) is 6.89. The minimum Gasteiger partial charge on any atom is -0.392 e. The highest BCUT2D eigenvalue weighted by Crippen LogP contribution is 2.19. The molecule has 0 aromatic heterocycles. The van der Waals surface area contributed by atoms with E-state index in [9.17, 15) is 9.90 Å². The van der Waals surface area contributed by atoms with Gasteiger partial charge in [-0.2, -0.15) is 0 Å². The van der Waals surface area contributed by atoms with Gasteiger partial charge in [-0.3, -0.25) is 9.69 Å². The second-order valence-electron chi connectivity index (χ2n) is 5.25. The molecule has 0 aromatic rings. The van der Waals surface area contributed by atoms with Crippen molar-refractivity contribution in [3.8, 4) is 0 Å².